The number of nitrogens with one attached hydrogen (secondary N) is 1. The lowest BCUT2D eigenvalue weighted by Gasteiger charge is -2.10. The molecular weight excluding hydrogens is 392 g/mol. The number of tetrazole rings is 1. The molecule has 0 bridgehead atoms. The molecule has 0 aliphatic rings. The molecule has 9 nitrogen and oxygen atoms in total. The molecule has 150 valence electrons. The molecule has 0 atom stereocenters. The van der Waals surface area contributed by atoms with Crippen molar-refractivity contribution in [1.29, 1.82) is 0 Å². The summed E-state index contributed by atoms with van der Waals surface area (Å²) in [6.07, 6.45) is 0. The molecule has 3 rings (SSSR count). The summed E-state index contributed by atoms with van der Waals surface area (Å²) in [5.41, 5.74) is 4.66. The van der Waals surface area contributed by atoms with E-state index in [4.69, 9.17) is 0 Å². The normalized spacial score (nSPS) is 10.8. The van der Waals surface area contributed by atoms with E-state index in [1.165, 1.54) is 6.07 Å². The van der Waals surface area contributed by atoms with Gasteiger partial charge < -0.3 is 5.32 Å². The van der Waals surface area contributed by atoms with E-state index in [1.54, 1.807) is 17.7 Å². The maximum atomic E-state index is 12.4. The average molecular weight is 412 g/mol. The number of aryl methyl sites for hydroxylation is 4. The van der Waals surface area contributed by atoms with E-state index in [-0.39, 0.29) is 23.0 Å². The highest BCUT2D eigenvalue weighted by molar-refractivity contribution is 7.99. The van der Waals surface area contributed by atoms with Crippen LogP contribution in [0, 0.1) is 37.8 Å². The fraction of sp³-hybridized carbons (Fsp3) is 0.263. The molecule has 0 radical (unpaired) electrons. The van der Waals surface area contributed by atoms with Gasteiger partial charge in [0.25, 0.3) is 5.69 Å². The smallest absolute Gasteiger partial charge is 0.293 e. The Kier molecular flexibility index (Phi) is 5.92. The first-order chi connectivity index (χ1) is 13.8. The molecule has 1 N–H and O–H groups in total. The summed E-state index contributed by atoms with van der Waals surface area (Å²) in [6.45, 7) is 7.59. The second-order valence-electron chi connectivity index (χ2n) is 6.71. The van der Waals surface area contributed by atoms with Gasteiger partial charge in [-0.05, 0) is 66.9 Å². The van der Waals surface area contributed by atoms with Crippen LogP contribution < -0.4 is 5.32 Å². The molecule has 0 aliphatic carbocycles. The Bertz CT molecular complexity index is 1100. The number of nitro benzene ring substituents is 1. The van der Waals surface area contributed by atoms with E-state index in [0.717, 1.165) is 39.7 Å². The zero-order valence-electron chi connectivity index (χ0n) is 16.5. The lowest BCUT2D eigenvalue weighted by Crippen LogP contribution is -2.16. The van der Waals surface area contributed by atoms with Crippen LogP contribution in [-0.4, -0.2) is 36.8 Å². The minimum Gasteiger partial charge on any atom is -0.320 e. The molecule has 2 aromatic carbocycles. The van der Waals surface area contributed by atoms with E-state index >= 15 is 0 Å². The Hall–Kier alpha value is -3.27. The molecule has 0 fully saturated rings. The third-order valence-corrected chi connectivity index (χ3v) is 5.36. The van der Waals surface area contributed by atoms with Crippen molar-refractivity contribution in [1.82, 2.24) is 20.2 Å². The van der Waals surface area contributed by atoms with Crippen LogP contribution in [0.5, 0.6) is 0 Å². The fourth-order valence-electron chi connectivity index (χ4n) is 2.83. The lowest BCUT2D eigenvalue weighted by atomic mass is 10.1. The standard InChI is InChI=1S/C19H20N6O3S/c1-11-5-6-16(14(4)7-11)24-19(21-22-23-24)29-10-18(26)20-15-8-12(2)13(3)9-17(15)25(27)28/h5-9H,10H2,1-4H3,(H,20,26). The predicted octanol–water partition coefficient (Wildman–Crippen LogP) is 3.53. The molecular formula is C19H20N6O3S. The fourth-order valence-corrected chi connectivity index (χ4v) is 3.52. The summed E-state index contributed by atoms with van der Waals surface area (Å²) in [6, 6.07) is 8.97. The van der Waals surface area contributed by atoms with Crippen LogP contribution in [0.2, 0.25) is 0 Å². The van der Waals surface area contributed by atoms with Crippen LogP contribution in [0.4, 0.5) is 11.4 Å². The third kappa shape index (κ3) is 4.60. The number of carbonyl (C=O) groups excluding carboxylic acids is 1. The van der Waals surface area contributed by atoms with Gasteiger partial charge in [0.2, 0.25) is 11.1 Å². The second-order valence-corrected chi connectivity index (χ2v) is 7.65. The minimum atomic E-state index is -0.504. The molecule has 0 unspecified atom stereocenters. The van der Waals surface area contributed by atoms with Crippen molar-refractivity contribution < 1.29 is 9.72 Å². The number of nitro groups is 1. The van der Waals surface area contributed by atoms with Gasteiger partial charge in [0, 0.05) is 6.07 Å². The van der Waals surface area contributed by atoms with E-state index in [1.807, 2.05) is 39.0 Å². The monoisotopic (exact) mass is 412 g/mol. The summed E-state index contributed by atoms with van der Waals surface area (Å²) >= 11 is 1.16. The highest BCUT2D eigenvalue weighted by atomic mass is 32.2. The maximum absolute atomic E-state index is 12.4. The van der Waals surface area contributed by atoms with Crippen LogP contribution >= 0.6 is 11.8 Å². The Balaban J connectivity index is 1.74. The van der Waals surface area contributed by atoms with Crippen molar-refractivity contribution in [3.8, 4) is 5.69 Å². The lowest BCUT2D eigenvalue weighted by molar-refractivity contribution is -0.384. The van der Waals surface area contributed by atoms with E-state index in [0.29, 0.717) is 5.16 Å². The number of rotatable bonds is 6. The Morgan fingerprint density at radius 2 is 1.86 bits per heavy atom. The number of thioether (sulfide) groups is 1. The van der Waals surface area contributed by atoms with Gasteiger partial charge in [-0.2, -0.15) is 4.68 Å². The molecule has 29 heavy (non-hydrogen) atoms. The molecule has 0 aliphatic heterocycles. The van der Waals surface area contributed by atoms with Crippen LogP contribution in [0.25, 0.3) is 5.69 Å². The molecule has 3 aromatic rings. The number of hydrogen-bond donors (Lipinski definition) is 1. The molecule has 0 spiro atoms. The number of nitrogens with zero attached hydrogens (tertiary/aromatic N) is 5. The molecule has 1 amide bonds. The van der Waals surface area contributed by atoms with Gasteiger partial charge in [-0.25, -0.2) is 0 Å². The highest BCUT2D eigenvalue weighted by Gasteiger charge is 2.19. The first-order valence-electron chi connectivity index (χ1n) is 8.80. The topological polar surface area (TPSA) is 116 Å². The SMILES string of the molecule is Cc1ccc(-n2nnnc2SCC(=O)Nc2cc(C)c(C)cc2[N+](=O)[O-])c(C)c1. The van der Waals surface area contributed by atoms with Crippen molar-refractivity contribution in [2.45, 2.75) is 32.9 Å². The average Bonchev–Trinajstić information content (AvgIpc) is 3.11. The molecule has 10 heteroatoms. The largest absolute Gasteiger partial charge is 0.320 e. The van der Waals surface area contributed by atoms with Gasteiger partial charge >= 0.3 is 0 Å². The number of hydrogen-bond acceptors (Lipinski definition) is 7. The van der Waals surface area contributed by atoms with E-state index in [2.05, 4.69) is 20.8 Å². The van der Waals surface area contributed by atoms with Crippen LogP contribution in [0.3, 0.4) is 0 Å². The van der Waals surface area contributed by atoms with Crippen molar-refractivity contribution in [2.24, 2.45) is 0 Å². The zero-order chi connectivity index (χ0) is 21.1. The molecule has 1 aromatic heterocycles. The van der Waals surface area contributed by atoms with Gasteiger partial charge in [-0.1, -0.05) is 29.5 Å². The second kappa shape index (κ2) is 8.39. The van der Waals surface area contributed by atoms with Crippen LogP contribution in [0.15, 0.2) is 35.5 Å². The molecule has 0 saturated heterocycles. The number of amides is 1. The number of carbonyl (C=O) groups is 1. The van der Waals surface area contributed by atoms with Crippen molar-refractivity contribution >= 4 is 29.0 Å². The van der Waals surface area contributed by atoms with Gasteiger partial charge in [0.05, 0.1) is 16.4 Å². The Morgan fingerprint density at radius 3 is 2.55 bits per heavy atom. The Morgan fingerprint density at radius 1 is 1.14 bits per heavy atom. The summed E-state index contributed by atoms with van der Waals surface area (Å²) in [7, 11) is 0. The summed E-state index contributed by atoms with van der Waals surface area (Å²) in [4.78, 5) is 23.2. The van der Waals surface area contributed by atoms with Gasteiger partial charge in [-0.15, -0.1) is 5.10 Å². The van der Waals surface area contributed by atoms with Crippen LogP contribution in [0.1, 0.15) is 22.3 Å². The molecule has 0 saturated carbocycles. The summed E-state index contributed by atoms with van der Waals surface area (Å²) in [5, 5.41) is 26.1. The van der Waals surface area contributed by atoms with Crippen molar-refractivity contribution in [2.75, 3.05) is 11.1 Å². The zero-order valence-corrected chi connectivity index (χ0v) is 17.3. The first kappa shape index (κ1) is 20.5. The van der Waals surface area contributed by atoms with Crippen molar-refractivity contribution in [3.63, 3.8) is 0 Å². The summed E-state index contributed by atoms with van der Waals surface area (Å²) in [5.74, 6) is -0.369. The first-order valence-corrected chi connectivity index (χ1v) is 9.79. The van der Waals surface area contributed by atoms with Crippen molar-refractivity contribution in [3.05, 3.63) is 62.7 Å². The van der Waals surface area contributed by atoms with Gasteiger partial charge in [-0.3, -0.25) is 14.9 Å². The highest BCUT2D eigenvalue weighted by Crippen LogP contribution is 2.28. The van der Waals surface area contributed by atoms with Gasteiger partial charge in [0.1, 0.15) is 5.69 Å². The summed E-state index contributed by atoms with van der Waals surface area (Å²) < 4.78 is 1.57. The maximum Gasteiger partial charge on any atom is 0.293 e. The predicted molar refractivity (Wildman–Crippen MR) is 111 cm³/mol. The van der Waals surface area contributed by atoms with Crippen LogP contribution in [-0.2, 0) is 4.79 Å². The quantitative estimate of drug-likeness (QED) is 0.374. The third-order valence-electron chi connectivity index (χ3n) is 4.44. The van der Waals surface area contributed by atoms with Gasteiger partial charge in [0.15, 0.2) is 0 Å². The van der Waals surface area contributed by atoms with E-state index < -0.39 is 4.92 Å². The Labute approximate surface area is 171 Å². The van der Waals surface area contributed by atoms with E-state index in [9.17, 15) is 14.9 Å². The number of aromatic nitrogens is 4. The minimum absolute atomic E-state index is 0.00929. The number of benzene rings is 2. The molecule has 1 heterocycles. The number of anilines is 1.